The summed E-state index contributed by atoms with van der Waals surface area (Å²) in [6.45, 7) is 5.96. The highest BCUT2D eigenvalue weighted by Crippen LogP contribution is 2.29. The molecule has 1 aliphatic rings. The van der Waals surface area contributed by atoms with Crippen LogP contribution in [0.15, 0.2) is 18.2 Å². The maximum absolute atomic E-state index is 5.43. The second-order valence-electron chi connectivity index (χ2n) is 5.72. The number of methoxy groups -OCH3 is 2. The first-order valence-corrected chi connectivity index (χ1v) is 7.16. The molecular weight excluding hydrogens is 254 g/mol. The quantitative estimate of drug-likeness (QED) is 0.869. The number of hydrogen-bond acceptors (Lipinski definition) is 4. The maximum atomic E-state index is 5.43. The van der Waals surface area contributed by atoms with Gasteiger partial charge in [-0.1, -0.05) is 13.0 Å². The van der Waals surface area contributed by atoms with Crippen molar-refractivity contribution in [3.63, 3.8) is 0 Å². The summed E-state index contributed by atoms with van der Waals surface area (Å²) in [6, 6.07) is 6.05. The van der Waals surface area contributed by atoms with Crippen LogP contribution >= 0.6 is 0 Å². The second-order valence-corrected chi connectivity index (χ2v) is 5.72. The lowest BCUT2D eigenvalue weighted by molar-refractivity contribution is 0.0240. The van der Waals surface area contributed by atoms with Crippen LogP contribution in [-0.4, -0.2) is 34.0 Å². The summed E-state index contributed by atoms with van der Waals surface area (Å²) in [7, 11) is 3.32. The topological polar surface area (TPSA) is 39.7 Å². The van der Waals surface area contributed by atoms with Crippen LogP contribution in [0.4, 0.5) is 0 Å². The third kappa shape index (κ3) is 3.87. The summed E-state index contributed by atoms with van der Waals surface area (Å²) in [4.78, 5) is 0. The minimum atomic E-state index is 0.356. The Kier molecular flexibility index (Phi) is 5.26. The van der Waals surface area contributed by atoms with Crippen LogP contribution in [0.3, 0.4) is 0 Å². The average Bonchev–Trinajstić information content (AvgIpc) is 2.47. The smallest absolute Gasteiger partial charge is 0.161 e. The molecule has 4 heteroatoms. The van der Waals surface area contributed by atoms with Gasteiger partial charge in [-0.05, 0) is 36.0 Å². The van der Waals surface area contributed by atoms with Crippen molar-refractivity contribution in [2.45, 2.75) is 26.3 Å². The SMILES string of the molecule is COc1ccc(CNCC2(C)CCOCC2)cc1OC. The molecular formula is C16H25NO3. The third-order valence-corrected chi connectivity index (χ3v) is 4.03. The van der Waals surface area contributed by atoms with Gasteiger partial charge in [-0.25, -0.2) is 0 Å². The number of benzene rings is 1. The molecule has 1 aromatic carbocycles. The predicted molar refractivity (Wildman–Crippen MR) is 79.4 cm³/mol. The second kappa shape index (κ2) is 6.95. The van der Waals surface area contributed by atoms with E-state index >= 15 is 0 Å². The molecule has 4 nitrogen and oxygen atoms in total. The lowest BCUT2D eigenvalue weighted by Crippen LogP contribution is -2.36. The van der Waals surface area contributed by atoms with Gasteiger partial charge in [0.15, 0.2) is 11.5 Å². The molecule has 0 bridgehead atoms. The van der Waals surface area contributed by atoms with E-state index in [2.05, 4.69) is 18.3 Å². The number of nitrogens with one attached hydrogen (secondary N) is 1. The zero-order chi connectivity index (χ0) is 14.4. The Bertz CT molecular complexity index is 428. The van der Waals surface area contributed by atoms with Gasteiger partial charge in [0.25, 0.3) is 0 Å². The molecule has 1 fully saturated rings. The molecule has 0 aromatic heterocycles. The molecule has 0 unspecified atom stereocenters. The Balaban J connectivity index is 1.87. The molecule has 0 spiro atoms. The van der Waals surface area contributed by atoms with E-state index in [4.69, 9.17) is 14.2 Å². The van der Waals surface area contributed by atoms with Crippen molar-refractivity contribution < 1.29 is 14.2 Å². The summed E-state index contributed by atoms with van der Waals surface area (Å²) < 4.78 is 16.0. The van der Waals surface area contributed by atoms with Crippen molar-refractivity contribution in [2.75, 3.05) is 34.0 Å². The van der Waals surface area contributed by atoms with E-state index in [0.29, 0.717) is 5.41 Å². The van der Waals surface area contributed by atoms with Crippen LogP contribution < -0.4 is 14.8 Å². The van der Waals surface area contributed by atoms with Crippen LogP contribution in [0.5, 0.6) is 11.5 Å². The Morgan fingerprint density at radius 2 is 1.85 bits per heavy atom. The van der Waals surface area contributed by atoms with E-state index in [0.717, 1.165) is 50.6 Å². The Morgan fingerprint density at radius 3 is 2.50 bits per heavy atom. The molecule has 2 rings (SSSR count). The van der Waals surface area contributed by atoms with Crippen molar-refractivity contribution in [1.29, 1.82) is 0 Å². The first-order chi connectivity index (χ1) is 9.67. The molecule has 1 aliphatic heterocycles. The van der Waals surface area contributed by atoms with Crippen molar-refractivity contribution in [1.82, 2.24) is 5.32 Å². The van der Waals surface area contributed by atoms with Gasteiger partial charge in [0.1, 0.15) is 0 Å². The molecule has 112 valence electrons. The van der Waals surface area contributed by atoms with Gasteiger partial charge in [-0.3, -0.25) is 0 Å². The van der Waals surface area contributed by atoms with Gasteiger partial charge in [-0.2, -0.15) is 0 Å². The van der Waals surface area contributed by atoms with Crippen molar-refractivity contribution in [3.05, 3.63) is 23.8 Å². The molecule has 1 heterocycles. The fourth-order valence-corrected chi connectivity index (χ4v) is 2.54. The summed E-state index contributed by atoms with van der Waals surface area (Å²) in [5, 5.41) is 3.55. The molecule has 0 aliphatic carbocycles. The van der Waals surface area contributed by atoms with Crippen molar-refractivity contribution >= 4 is 0 Å². The molecule has 1 saturated heterocycles. The highest BCUT2D eigenvalue weighted by atomic mass is 16.5. The molecule has 0 radical (unpaired) electrons. The molecule has 1 N–H and O–H groups in total. The Morgan fingerprint density at radius 1 is 1.15 bits per heavy atom. The number of ether oxygens (including phenoxy) is 3. The lowest BCUT2D eigenvalue weighted by Gasteiger charge is -2.33. The summed E-state index contributed by atoms with van der Waals surface area (Å²) in [5.41, 5.74) is 1.56. The first-order valence-electron chi connectivity index (χ1n) is 7.16. The largest absolute Gasteiger partial charge is 0.493 e. The fourth-order valence-electron chi connectivity index (χ4n) is 2.54. The van der Waals surface area contributed by atoms with E-state index in [1.807, 2.05) is 12.1 Å². The first kappa shape index (κ1) is 15.1. The van der Waals surface area contributed by atoms with E-state index in [9.17, 15) is 0 Å². The zero-order valence-electron chi connectivity index (χ0n) is 12.7. The third-order valence-electron chi connectivity index (χ3n) is 4.03. The highest BCUT2D eigenvalue weighted by Gasteiger charge is 2.26. The van der Waals surface area contributed by atoms with Crippen LogP contribution in [0.2, 0.25) is 0 Å². The molecule has 0 amide bonds. The standard InChI is InChI=1S/C16H25NO3/c1-16(6-8-20-9-7-16)12-17-11-13-4-5-14(18-2)15(10-13)19-3/h4-5,10,17H,6-9,11-12H2,1-3H3. The fraction of sp³-hybridized carbons (Fsp3) is 0.625. The normalized spacial score (nSPS) is 17.8. The van der Waals surface area contributed by atoms with Crippen molar-refractivity contribution in [3.8, 4) is 11.5 Å². The van der Waals surface area contributed by atoms with Gasteiger partial charge in [0.2, 0.25) is 0 Å². The van der Waals surface area contributed by atoms with E-state index in [-0.39, 0.29) is 0 Å². The van der Waals surface area contributed by atoms with Crippen LogP contribution in [0.25, 0.3) is 0 Å². The summed E-state index contributed by atoms with van der Waals surface area (Å²) in [6.07, 6.45) is 2.26. The molecule has 20 heavy (non-hydrogen) atoms. The van der Waals surface area contributed by atoms with Gasteiger partial charge in [0.05, 0.1) is 14.2 Å². The zero-order valence-corrected chi connectivity index (χ0v) is 12.7. The Hall–Kier alpha value is -1.26. The number of hydrogen-bond donors (Lipinski definition) is 1. The van der Waals surface area contributed by atoms with Crippen LogP contribution in [-0.2, 0) is 11.3 Å². The van der Waals surface area contributed by atoms with Crippen LogP contribution in [0.1, 0.15) is 25.3 Å². The van der Waals surface area contributed by atoms with E-state index in [1.54, 1.807) is 14.2 Å². The van der Waals surface area contributed by atoms with Crippen molar-refractivity contribution in [2.24, 2.45) is 5.41 Å². The highest BCUT2D eigenvalue weighted by molar-refractivity contribution is 5.42. The Labute approximate surface area is 121 Å². The van der Waals surface area contributed by atoms with Gasteiger partial charge < -0.3 is 19.5 Å². The van der Waals surface area contributed by atoms with Gasteiger partial charge >= 0.3 is 0 Å². The molecule has 0 saturated carbocycles. The summed E-state index contributed by atoms with van der Waals surface area (Å²) >= 11 is 0. The maximum Gasteiger partial charge on any atom is 0.161 e. The van der Waals surface area contributed by atoms with E-state index < -0.39 is 0 Å². The number of rotatable bonds is 6. The molecule has 0 atom stereocenters. The minimum Gasteiger partial charge on any atom is -0.493 e. The van der Waals surface area contributed by atoms with Crippen LogP contribution in [0, 0.1) is 5.41 Å². The average molecular weight is 279 g/mol. The lowest BCUT2D eigenvalue weighted by atomic mass is 9.82. The van der Waals surface area contributed by atoms with E-state index in [1.165, 1.54) is 5.56 Å². The monoisotopic (exact) mass is 279 g/mol. The van der Waals surface area contributed by atoms with Gasteiger partial charge in [-0.15, -0.1) is 0 Å². The van der Waals surface area contributed by atoms with Gasteiger partial charge in [0, 0.05) is 26.3 Å². The molecule has 1 aromatic rings. The predicted octanol–water partition coefficient (Wildman–Crippen LogP) is 2.61. The minimum absolute atomic E-state index is 0.356. The summed E-state index contributed by atoms with van der Waals surface area (Å²) in [5.74, 6) is 1.55.